The molecule has 3 atom stereocenters. The second kappa shape index (κ2) is 8.99. The Hall–Kier alpha value is -1.14. The van der Waals surface area contributed by atoms with Crippen LogP contribution in [0.5, 0.6) is 0 Å². The summed E-state index contributed by atoms with van der Waals surface area (Å²) in [5, 5.41) is 3.36. The molecule has 0 spiro atoms. The first-order valence-electron chi connectivity index (χ1n) is 8.84. The zero-order chi connectivity index (χ0) is 17.1. The zero-order valence-corrected chi connectivity index (χ0v) is 16.1. The van der Waals surface area contributed by atoms with Crippen LogP contribution < -0.4 is 5.32 Å². The summed E-state index contributed by atoms with van der Waals surface area (Å²) in [4.78, 5) is 14.8. The van der Waals surface area contributed by atoms with Crippen LogP contribution in [-0.2, 0) is 14.3 Å². The lowest BCUT2D eigenvalue weighted by Gasteiger charge is -2.39. The number of rotatable bonds is 3. The summed E-state index contributed by atoms with van der Waals surface area (Å²) in [6.07, 6.45) is 0.449. The van der Waals surface area contributed by atoms with Gasteiger partial charge in [0.2, 0.25) is 5.91 Å². The number of nitrogens with zero attached hydrogens (tertiary/aromatic N) is 1. The van der Waals surface area contributed by atoms with E-state index in [9.17, 15) is 4.79 Å². The molecule has 0 radical (unpaired) electrons. The van der Waals surface area contributed by atoms with Gasteiger partial charge in [-0.05, 0) is 31.9 Å². The number of hydrogen-bond donors (Lipinski definition) is 1. The second-order valence-electron chi connectivity index (χ2n) is 7.01. The minimum Gasteiger partial charge on any atom is -0.378 e. The van der Waals surface area contributed by atoms with Crippen LogP contribution >= 0.6 is 12.4 Å². The summed E-state index contributed by atoms with van der Waals surface area (Å²) in [7, 11) is 0. The van der Waals surface area contributed by atoms with Crippen LogP contribution in [0.1, 0.15) is 36.1 Å². The number of carbonyl (C=O) groups is 1. The van der Waals surface area contributed by atoms with E-state index in [1.54, 1.807) is 0 Å². The number of morpholine rings is 2. The molecule has 2 aliphatic heterocycles. The maximum Gasteiger partial charge on any atom is 0.224 e. The highest BCUT2D eigenvalue weighted by Gasteiger charge is 2.32. The van der Waals surface area contributed by atoms with Crippen molar-refractivity contribution in [2.75, 3.05) is 32.9 Å². The van der Waals surface area contributed by atoms with Gasteiger partial charge >= 0.3 is 0 Å². The fourth-order valence-corrected chi connectivity index (χ4v) is 3.48. The smallest absolute Gasteiger partial charge is 0.224 e. The monoisotopic (exact) mass is 368 g/mol. The van der Waals surface area contributed by atoms with Gasteiger partial charge in [-0.15, -0.1) is 12.4 Å². The fourth-order valence-electron chi connectivity index (χ4n) is 3.48. The van der Waals surface area contributed by atoms with Gasteiger partial charge < -0.3 is 19.7 Å². The van der Waals surface area contributed by atoms with Crippen molar-refractivity contribution in [3.63, 3.8) is 0 Å². The van der Waals surface area contributed by atoms with Gasteiger partial charge in [-0.1, -0.05) is 23.8 Å². The Kier molecular flexibility index (Phi) is 7.25. The van der Waals surface area contributed by atoms with Crippen LogP contribution in [-0.4, -0.2) is 55.8 Å². The first-order chi connectivity index (χ1) is 11.5. The van der Waals surface area contributed by atoms with E-state index in [-0.39, 0.29) is 36.5 Å². The van der Waals surface area contributed by atoms with Crippen molar-refractivity contribution in [1.29, 1.82) is 0 Å². The van der Waals surface area contributed by atoms with Gasteiger partial charge in [0.05, 0.1) is 32.4 Å². The lowest BCUT2D eigenvalue weighted by atomic mass is 9.98. The molecule has 1 aromatic carbocycles. The highest BCUT2D eigenvalue weighted by atomic mass is 35.5. The van der Waals surface area contributed by atoms with Crippen molar-refractivity contribution in [2.45, 2.75) is 45.4 Å². The third-order valence-electron chi connectivity index (χ3n) is 4.95. The van der Waals surface area contributed by atoms with Crippen molar-refractivity contribution in [1.82, 2.24) is 10.2 Å². The van der Waals surface area contributed by atoms with Crippen molar-refractivity contribution in [3.8, 4) is 0 Å². The molecular formula is C19H29ClN2O3. The Bertz CT molecular complexity index is 590. The number of benzene rings is 1. The Morgan fingerprint density at radius 3 is 2.84 bits per heavy atom. The summed E-state index contributed by atoms with van der Waals surface area (Å²) >= 11 is 0. The van der Waals surface area contributed by atoms with Crippen LogP contribution in [0.4, 0.5) is 0 Å². The number of ether oxygens (including phenoxy) is 2. The van der Waals surface area contributed by atoms with Crippen LogP contribution in [0.3, 0.4) is 0 Å². The van der Waals surface area contributed by atoms with Gasteiger partial charge in [0, 0.05) is 19.0 Å². The van der Waals surface area contributed by atoms with E-state index in [1.165, 1.54) is 16.7 Å². The van der Waals surface area contributed by atoms with E-state index < -0.39 is 0 Å². The number of halogens is 1. The third-order valence-corrected chi connectivity index (χ3v) is 4.95. The topological polar surface area (TPSA) is 50.8 Å². The Morgan fingerprint density at radius 2 is 2.12 bits per heavy atom. The standard InChI is InChI=1S/C19H28N2O3.ClH/c1-13-4-5-14(2)17(8-13)18-10-21(15(3)11-24-18)19(22)9-16-12-23-7-6-20-16;/h4-5,8,15-16,18,20H,6-7,9-12H2,1-3H3;1H. The summed E-state index contributed by atoms with van der Waals surface area (Å²) < 4.78 is 11.5. The molecule has 2 fully saturated rings. The number of aryl methyl sites for hydroxylation is 2. The SMILES string of the molecule is Cc1ccc(C)c(C2CN(C(=O)CC3COCCN3)C(C)CO2)c1.Cl. The summed E-state index contributed by atoms with van der Waals surface area (Å²) in [6, 6.07) is 6.65. The molecule has 140 valence electrons. The molecule has 2 heterocycles. The molecule has 0 aromatic heterocycles. The van der Waals surface area contributed by atoms with Crippen molar-refractivity contribution in [3.05, 3.63) is 34.9 Å². The zero-order valence-electron chi connectivity index (χ0n) is 15.3. The minimum absolute atomic E-state index is 0. The molecule has 1 N–H and O–H groups in total. The Morgan fingerprint density at radius 1 is 1.32 bits per heavy atom. The van der Waals surface area contributed by atoms with Crippen LogP contribution in [0.2, 0.25) is 0 Å². The van der Waals surface area contributed by atoms with Gasteiger partial charge in [-0.2, -0.15) is 0 Å². The molecule has 5 nitrogen and oxygen atoms in total. The van der Waals surface area contributed by atoms with E-state index in [0.717, 1.165) is 13.2 Å². The Labute approximate surface area is 156 Å². The predicted molar refractivity (Wildman–Crippen MR) is 100 cm³/mol. The molecule has 0 saturated carbocycles. The van der Waals surface area contributed by atoms with Crippen molar-refractivity contribution >= 4 is 18.3 Å². The van der Waals surface area contributed by atoms with Crippen LogP contribution in [0, 0.1) is 13.8 Å². The highest BCUT2D eigenvalue weighted by Crippen LogP contribution is 2.28. The van der Waals surface area contributed by atoms with Crippen molar-refractivity contribution < 1.29 is 14.3 Å². The average Bonchev–Trinajstić information content (AvgIpc) is 2.58. The molecule has 0 aliphatic carbocycles. The number of hydrogen-bond acceptors (Lipinski definition) is 4. The average molecular weight is 369 g/mol. The molecule has 2 saturated heterocycles. The predicted octanol–water partition coefficient (Wildman–Crippen LogP) is 2.39. The van der Waals surface area contributed by atoms with E-state index in [4.69, 9.17) is 9.47 Å². The lowest BCUT2D eigenvalue weighted by molar-refractivity contribution is -0.145. The van der Waals surface area contributed by atoms with Gasteiger partial charge in [0.15, 0.2) is 0 Å². The molecule has 2 aliphatic rings. The van der Waals surface area contributed by atoms with Gasteiger partial charge in [-0.3, -0.25) is 4.79 Å². The molecule has 1 amide bonds. The van der Waals surface area contributed by atoms with E-state index in [2.05, 4.69) is 44.3 Å². The van der Waals surface area contributed by atoms with Gasteiger partial charge in [0.1, 0.15) is 6.10 Å². The largest absolute Gasteiger partial charge is 0.378 e. The molecule has 3 unspecified atom stereocenters. The van der Waals surface area contributed by atoms with Crippen LogP contribution in [0.25, 0.3) is 0 Å². The van der Waals surface area contributed by atoms with E-state index >= 15 is 0 Å². The number of carbonyl (C=O) groups excluding carboxylic acids is 1. The minimum atomic E-state index is -0.0411. The molecule has 3 rings (SSSR count). The molecule has 1 aromatic rings. The maximum atomic E-state index is 12.8. The first-order valence-corrected chi connectivity index (χ1v) is 8.84. The molecule has 6 heteroatoms. The highest BCUT2D eigenvalue weighted by molar-refractivity contribution is 5.85. The first kappa shape index (κ1) is 20.2. The molecular weight excluding hydrogens is 340 g/mol. The normalized spacial score (nSPS) is 26.8. The summed E-state index contributed by atoms with van der Waals surface area (Å²) in [6.45, 7) is 9.62. The number of amides is 1. The molecule has 0 bridgehead atoms. The van der Waals surface area contributed by atoms with Gasteiger partial charge in [0.25, 0.3) is 0 Å². The number of nitrogens with one attached hydrogen (secondary N) is 1. The van der Waals surface area contributed by atoms with Crippen LogP contribution in [0.15, 0.2) is 18.2 Å². The quantitative estimate of drug-likeness (QED) is 0.890. The lowest BCUT2D eigenvalue weighted by Crippen LogP contribution is -2.51. The van der Waals surface area contributed by atoms with Crippen molar-refractivity contribution in [2.24, 2.45) is 0 Å². The molecule has 25 heavy (non-hydrogen) atoms. The van der Waals surface area contributed by atoms with E-state index in [1.807, 2.05) is 4.90 Å². The van der Waals surface area contributed by atoms with Gasteiger partial charge in [-0.25, -0.2) is 0 Å². The Balaban J connectivity index is 0.00000225. The maximum absolute atomic E-state index is 12.8. The van der Waals surface area contributed by atoms with E-state index in [0.29, 0.717) is 26.2 Å². The summed E-state index contributed by atoms with van der Waals surface area (Å²) in [5.74, 6) is 0.184. The second-order valence-corrected chi connectivity index (χ2v) is 7.01. The summed E-state index contributed by atoms with van der Waals surface area (Å²) in [5.41, 5.74) is 3.63. The third kappa shape index (κ3) is 4.94. The fraction of sp³-hybridized carbons (Fsp3) is 0.632.